The number of methoxy groups -OCH3 is 1. The molecular weight excluding hydrogens is 232 g/mol. The molecule has 0 bridgehead atoms. The molecule has 0 spiro atoms. The summed E-state index contributed by atoms with van der Waals surface area (Å²) in [6, 6.07) is 0.328. The van der Waals surface area contributed by atoms with Crippen molar-refractivity contribution >= 4 is 5.91 Å². The second-order valence-corrected chi connectivity index (χ2v) is 4.95. The lowest BCUT2D eigenvalue weighted by Gasteiger charge is -2.33. The van der Waals surface area contributed by atoms with Gasteiger partial charge in [0.05, 0.1) is 25.9 Å². The molecule has 5 nitrogen and oxygen atoms in total. The van der Waals surface area contributed by atoms with Crippen LogP contribution in [0.25, 0.3) is 0 Å². The molecule has 1 unspecified atom stereocenters. The predicted molar refractivity (Wildman–Crippen MR) is 70.6 cm³/mol. The normalized spacial score (nSPS) is 20.8. The van der Waals surface area contributed by atoms with Crippen LogP contribution in [0.5, 0.6) is 0 Å². The third-order valence-electron chi connectivity index (χ3n) is 3.00. The lowest BCUT2D eigenvalue weighted by atomic mass is 10.0. The first kappa shape index (κ1) is 15.4. The Hall–Kier alpha value is -0.650. The molecule has 1 saturated heterocycles. The molecule has 1 heterocycles. The number of carbonyl (C=O) groups excluding carboxylic acids is 1. The van der Waals surface area contributed by atoms with Gasteiger partial charge in [-0.1, -0.05) is 13.8 Å². The quantitative estimate of drug-likeness (QED) is 0.649. The van der Waals surface area contributed by atoms with Gasteiger partial charge < -0.3 is 19.7 Å². The Morgan fingerprint density at radius 1 is 1.39 bits per heavy atom. The molecule has 1 aliphatic heterocycles. The first-order chi connectivity index (χ1) is 8.65. The molecule has 0 saturated carbocycles. The fourth-order valence-corrected chi connectivity index (χ4v) is 2.14. The number of carbonyl (C=O) groups is 1. The maximum absolute atomic E-state index is 12.2. The lowest BCUT2D eigenvalue weighted by Crippen LogP contribution is -2.53. The van der Waals surface area contributed by atoms with Crippen LogP contribution >= 0.6 is 0 Å². The minimum Gasteiger partial charge on any atom is -0.382 e. The Morgan fingerprint density at radius 3 is 2.83 bits per heavy atom. The zero-order valence-corrected chi connectivity index (χ0v) is 11.8. The maximum Gasteiger partial charge on any atom is 0.239 e. The standard InChI is InChI=1S/C13H26N2O3/c1-11(2)14-12-5-4-6-15(13(12)16)7-8-18-10-9-17-3/h11-12,14H,4-10H2,1-3H3. The van der Waals surface area contributed by atoms with Gasteiger partial charge in [0.25, 0.3) is 0 Å². The third-order valence-corrected chi connectivity index (χ3v) is 3.00. The van der Waals surface area contributed by atoms with Crippen molar-refractivity contribution in [1.82, 2.24) is 10.2 Å². The highest BCUT2D eigenvalue weighted by molar-refractivity contribution is 5.82. The van der Waals surface area contributed by atoms with Crippen LogP contribution in [0.4, 0.5) is 0 Å². The van der Waals surface area contributed by atoms with Gasteiger partial charge in [0, 0.05) is 26.2 Å². The van der Waals surface area contributed by atoms with E-state index in [2.05, 4.69) is 19.2 Å². The average Bonchev–Trinajstić information content (AvgIpc) is 2.33. The highest BCUT2D eigenvalue weighted by Crippen LogP contribution is 2.12. The van der Waals surface area contributed by atoms with Crippen LogP contribution in [-0.2, 0) is 14.3 Å². The zero-order chi connectivity index (χ0) is 13.4. The molecule has 1 N–H and O–H groups in total. The first-order valence-electron chi connectivity index (χ1n) is 6.76. The van der Waals surface area contributed by atoms with Crippen molar-refractivity contribution in [2.45, 2.75) is 38.8 Å². The van der Waals surface area contributed by atoms with Crippen LogP contribution in [0.15, 0.2) is 0 Å². The van der Waals surface area contributed by atoms with Gasteiger partial charge in [-0.05, 0) is 12.8 Å². The van der Waals surface area contributed by atoms with Gasteiger partial charge in [0.15, 0.2) is 0 Å². The summed E-state index contributed by atoms with van der Waals surface area (Å²) < 4.78 is 10.3. The summed E-state index contributed by atoms with van der Waals surface area (Å²) in [5, 5.41) is 3.32. The summed E-state index contributed by atoms with van der Waals surface area (Å²) in [6.45, 7) is 7.45. The molecule has 0 aliphatic carbocycles. The van der Waals surface area contributed by atoms with E-state index in [9.17, 15) is 4.79 Å². The summed E-state index contributed by atoms with van der Waals surface area (Å²) in [5.41, 5.74) is 0. The van der Waals surface area contributed by atoms with Crippen LogP contribution in [0.1, 0.15) is 26.7 Å². The van der Waals surface area contributed by atoms with E-state index in [0.717, 1.165) is 19.4 Å². The molecule has 106 valence electrons. The van der Waals surface area contributed by atoms with Crippen LogP contribution < -0.4 is 5.32 Å². The van der Waals surface area contributed by atoms with E-state index in [0.29, 0.717) is 32.4 Å². The van der Waals surface area contributed by atoms with E-state index in [1.54, 1.807) is 7.11 Å². The number of nitrogens with one attached hydrogen (secondary N) is 1. The number of ether oxygens (including phenoxy) is 2. The Labute approximate surface area is 110 Å². The highest BCUT2D eigenvalue weighted by atomic mass is 16.5. The molecule has 1 aliphatic rings. The van der Waals surface area contributed by atoms with Gasteiger partial charge in [0.1, 0.15) is 0 Å². The second-order valence-electron chi connectivity index (χ2n) is 4.95. The average molecular weight is 258 g/mol. The van der Waals surface area contributed by atoms with Crippen LogP contribution in [0, 0.1) is 0 Å². The number of hydrogen-bond acceptors (Lipinski definition) is 4. The van der Waals surface area contributed by atoms with Crippen LogP contribution in [0.3, 0.4) is 0 Å². The third kappa shape index (κ3) is 5.33. The van der Waals surface area contributed by atoms with Crippen molar-refractivity contribution in [1.29, 1.82) is 0 Å². The summed E-state index contributed by atoms with van der Waals surface area (Å²) in [4.78, 5) is 14.1. The molecule has 5 heteroatoms. The van der Waals surface area contributed by atoms with Crippen molar-refractivity contribution < 1.29 is 14.3 Å². The van der Waals surface area contributed by atoms with Gasteiger partial charge in [-0.3, -0.25) is 4.79 Å². The fourth-order valence-electron chi connectivity index (χ4n) is 2.14. The molecule has 0 aromatic carbocycles. The molecule has 0 radical (unpaired) electrons. The summed E-state index contributed by atoms with van der Waals surface area (Å²) in [7, 11) is 1.65. The molecule has 18 heavy (non-hydrogen) atoms. The number of likely N-dealkylation sites (tertiary alicyclic amines) is 1. The molecule has 1 fully saturated rings. The van der Waals surface area contributed by atoms with Gasteiger partial charge in [-0.2, -0.15) is 0 Å². The number of nitrogens with zero attached hydrogens (tertiary/aromatic N) is 1. The van der Waals surface area contributed by atoms with Crippen molar-refractivity contribution in [3.63, 3.8) is 0 Å². The highest BCUT2D eigenvalue weighted by Gasteiger charge is 2.28. The number of hydrogen-bond donors (Lipinski definition) is 1. The largest absolute Gasteiger partial charge is 0.382 e. The van der Waals surface area contributed by atoms with Gasteiger partial charge in [-0.15, -0.1) is 0 Å². The molecule has 0 aromatic rings. The van der Waals surface area contributed by atoms with Gasteiger partial charge >= 0.3 is 0 Å². The van der Waals surface area contributed by atoms with E-state index in [-0.39, 0.29) is 11.9 Å². The van der Waals surface area contributed by atoms with E-state index < -0.39 is 0 Å². The molecule has 1 atom stereocenters. The Bertz CT molecular complexity index is 246. The van der Waals surface area contributed by atoms with Crippen LogP contribution in [0.2, 0.25) is 0 Å². The predicted octanol–water partition coefficient (Wildman–Crippen LogP) is 0.638. The fraction of sp³-hybridized carbons (Fsp3) is 0.923. The molecule has 1 amide bonds. The Kier molecular flexibility index (Phi) is 7.23. The monoisotopic (exact) mass is 258 g/mol. The SMILES string of the molecule is COCCOCCN1CCCC(NC(C)C)C1=O. The summed E-state index contributed by atoms with van der Waals surface area (Å²) in [6.07, 6.45) is 2.01. The smallest absolute Gasteiger partial charge is 0.239 e. The first-order valence-corrected chi connectivity index (χ1v) is 6.76. The molecular formula is C13H26N2O3. The summed E-state index contributed by atoms with van der Waals surface area (Å²) in [5.74, 6) is 0.213. The van der Waals surface area contributed by atoms with Crippen molar-refractivity contribution in [3.8, 4) is 0 Å². The van der Waals surface area contributed by atoms with Crippen molar-refractivity contribution in [3.05, 3.63) is 0 Å². The topological polar surface area (TPSA) is 50.8 Å². The van der Waals surface area contributed by atoms with Gasteiger partial charge in [-0.25, -0.2) is 0 Å². The maximum atomic E-state index is 12.2. The number of rotatable bonds is 8. The van der Waals surface area contributed by atoms with E-state index in [4.69, 9.17) is 9.47 Å². The zero-order valence-electron chi connectivity index (χ0n) is 11.8. The number of amides is 1. The van der Waals surface area contributed by atoms with E-state index in [1.165, 1.54) is 0 Å². The minimum absolute atomic E-state index is 0.0160. The molecule has 1 rings (SSSR count). The lowest BCUT2D eigenvalue weighted by molar-refractivity contribution is -0.137. The minimum atomic E-state index is -0.0160. The van der Waals surface area contributed by atoms with Crippen molar-refractivity contribution in [2.24, 2.45) is 0 Å². The van der Waals surface area contributed by atoms with E-state index >= 15 is 0 Å². The van der Waals surface area contributed by atoms with Gasteiger partial charge in [0.2, 0.25) is 5.91 Å². The molecule has 0 aromatic heterocycles. The Balaban J connectivity index is 2.25. The number of piperidine rings is 1. The Morgan fingerprint density at radius 2 is 2.17 bits per heavy atom. The second kappa shape index (κ2) is 8.45. The van der Waals surface area contributed by atoms with Crippen LogP contribution in [-0.4, -0.2) is 62.9 Å². The van der Waals surface area contributed by atoms with E-state index in [1.807, 2.05) is 4.90 Å². The summed E-state index contributed by atoms with van der Waals surface area (Å²) >= 11 is 0. The van der Waals surface area contributed by atoms with Crippen molar-refractivity contribution in [2.75, 3.05) is 40.0 Å².